The largest absolute Gasteiger partial charge is 0.314 e. The molecule has 1 N–H and O–H groups in total. The van der Waals surface area contributed by atoms with E-state index >= 15 is 0 Å². The van der Waals surface area contributed by atoms with Crippen molar-refractivity contribution in [2.45, 2.75) is 44.3 Å². The van der Waals surface area contributed by atoms with Crippen LogP contribution in [0.4, 0.5) is 8.78 Å². The predicted octanol–water partition coefficient (Wildman–Crippen LogP) is 3.54. The van der Waals surface area contributed by atoms with Crippen LogP contribution in [0.5, 0.6) is 0 Å². The van der Waals surface area contributed by atoms with E-state index in [9.17, 15) is 8.78 Å². The number of nitrogens with one attached hydrogen (secondary N) is 1. The van der Waals surface area contributed by atoms with Crippen LogP contribution in [0.1, 0.15) is 38.2 Å². The average molecular weight is 239 g/mol. The Balaban J connectivity index is 2.06. The maximum absolute atomic E-state index is 14.6. The highest BCUT2D eigenvalue weighted by molar-refractivity contribution is 5.23. The third-order valence-corrected chi connectivity index (χ3v) is 3.47. The summed E-state index contributed by atoms with van der Waals surface area (Å²) in [5.41, 5.74) is -1.03. The second kappa shape index (κ2) is 5.13. The zero-order valence-corrected chi connectivity index (χ0v) is 10.2. The number of hydrogen-bond acceptors (Lipinski definition) is 1. The lowest BCUT2D eigenvalue weighted by Crippen LogP contribution is -2.38. The first-order valence-corrected chi connectivity index (χ1v) is 6.26. The van der Waals surface area contributed by atoms with Crippen molar-refractivity contribution in [3.63, 3.8) is 0 Å². The van der Waals surface area contributed by atoms with Gasteiger partial charge in [0.05, 0.1) is 0 Å². The number of halogens is 2. The Morgan fingerprint density at radius 3 is 2.88 bits per heavy atom. The van der Waals surface area contributed by atoms with Gasteiger partial charge in [-0.15, -0.1) is 0 Å². The Labute approximate surface area is 101 Å². The molecule has 0 aliphatic carbocycles. The summed E-state index contributed by atoms with van der Waals surface area (Å²) in [6.07, 6.45) is 3.74. The maximum Gasteiger partial charge on any atom is 0.134 e. The molecular formula is C14H19F2N. The molecule has 0 radical (unpaired) electrons. The molecule has 1 aromatic carbocycles. The summed E-state index contributed by atoms with van der Waals surface area (Å²) in [6, 6.07) is 6.08. The van der Waals surface area contributed by atoms with Gasteiger partial charge in [-0.3, -0.25) is 0 Å². The molecule has 2 atom stereocenters. The lowest BCUT2D eigenvalue weighted by molar-refractivity contribution is 0.146. The topological polar surface area (TPSA) is 12.0 Å². The van der Waals surface area contributed by atoms with Crippen LogP contribution in [0, 0.1) is 5.82 Å². The van der Waals surface area contributed by atoms with E-state index in [1.54, 1.807) is 12.1 Å². The lowest BCUT2D eigenvalue weighted by Gasteiger charge is -2.30. The molecule has 1 aromatic rings. The number of benzene rings is 1. The number of rotatable bonds is 3. The van der Waals surface area contributed by atoms with Crippen LogP contribution in [0.15, 0.2) is 24.3 Å². The normalized spacial score (nSPS) is 24.3. The van der Waals surface area contributed by atoms with E-state index in [1.165, 1.54) is 25.5 Å². The Morgan fingerprint density at radius 2 is 2.24 bits per heavy atom. The SMILES string of the molecule is CC(F)(CC1CCCCN1)c1cccc(F)c1. The molecule has 1 nitrogen and oxygen atoms in total. The van der Waals surface area contributed by atoms with Gasteiger partial charge in [-0.2, -0.15) is 0 Å². The predicted molar refractivity (Wildman–Crippen MR) is 65.1 cm³/mol. The summed E-state index contributed by atoms with van der Waals surface area (Å²) in [5, 5.41) is 3.33. The third kappa shape index (κ3) is 3.25. The van der Waals surface area contributed by atoms with E-state index in [0.717, 1.165) is 19.4 Å². The molecule has 1 saturated heterocycles. The fourth-order valence-electron chi connectivity index (χ4n) is 2.49. The molecule has 0 amide bonds. The summed E-state index contributed by atoms with van der Waals surface area (Å²) < 4.78 is 27.7. The molecule has 0 aromatic heterocycles. The van der Waals surface area contributed by atoms with Crippen molar-refractivity contribution in [1.29, 1.82) is 0 Å². The molecule has 0 spiro atoms. The van der Waals surface area contributed by atoms with Gasteiger partial charge < -0.3 is 5.32 Å². The van der Waals surface area contributed by atoms with Crippen LogP contribution < -0.4 is 5.32 Å². The molecule has 1 aliphatic rings. The Bertz CT molecular complexity index is 370. The smallest absolute Gasteiger partial charge is 0.134 e. The minimum absolute atomic E-state index is 0.210. The Hall–Kier alpha value is -0.960. The summed E-state index contributed by atoms with van der Waals surface area (Å²) in [6.45, 7) is 2.50. The van der Waals surface area contributed by atoms with Crippen LogP contribution in [0.25, 0.3) is 0 Å². The maximum atomic E-state index is 14.6. The minimum Gasteiger partial charge on any atom is -0.314 e. The van der Waals surface area contributed by atoms with Gasteiger partial charge in [-0.1, -0.05) is 18.6 Å². The van der Waals surface area contributed by atoms with E-state index in [1.807, 2.05) is 0 Å². The van der Waals surface area contributed by atoms with Gasteiger partial charge in [0.1, 0.15) is 11.5 Å². The Kier molecular flexibility index (Phi) is 3.77. The monoisotopic (exact) mass is 239 g/mol. The minimum atomic E-state index is -1.46. The van der Waals surface area contributed by atoms with Gasteiger partial charge >= 0.3 is 0 Å². The number of alkyl halides is 1. The highest BCUT2D eigenvalue weighted by atomic mass is 19.1. The van der Waals surface area contributed by atoms with E-state index in [2.05, 4.69) is 5.32 Å². The zero-order valence-electron chi connectivity index (χ0n) is 10.2. The third-order valence-electron chi connectivity index (χ3n) is 3.47. The van der Waals surface area contributed by atoms with E-state index in [-0.39, 0.29) is 11.9 Å². The average Bonchev–Trinajstić information content (AvgIpc) is 2.30. The molecule has 17 heavy (non-hydrogen) atoms. The standard InChI is InChI=1S/C14H19F2N/c1-14(16,10-13-7-2-3-8-17-13)11-5-4-6-12(15)9-11/h4-6,9,13,17H,2-3,7-8,10H2,1H3. The van der Waals surface area contributed by atoms with Crippen molar-refractivity contribution in [1.82, 2.24) is 5.32 Å². The van der Waals surface area contributed by atoms with Crippen LogP contribution >= 0.6 is 0 Å². The highest BCUT2D eigenvalue weighted by Crippen LogP contribution is 2.32. The molecule has 3 heteroatoms. The Morgan fingerprint density at radius 1 is 1.41 bits per heavy atom. The summed E-state index contributed by atoms with van der Waals surface area (Å²) in [7, 11) is 0. The van der Waals surface area contributed by atoms with Crippen LogP contribution in [0.3, 0.4) is 0 Å². The first-order chi connectivity index (χ1) is 8.08. The molecule has 1 heterocycles. The van der Waals surface area contributed by atoms with Crippen molar-refractivity contribution in [3.8, 4) is 0 Å². The van der Waals surface area contributed by atoms with Crippen molar-refractivity contribution >= 4 is 0 Å². The molecule has 2 rings (SSSR count). The van der Waals surface area contributed by atoms with Gasteiger partial charge in [-0.05, 0) is 44.0 Å². The van der Waals surface area contributed by atoms with Gasteiger partial charge in [0.2, 0.25) is 0 Å². The van der Waals surface area contributed by atoms with Crippen molar-refractivity contribution in [2.75, 3.05) is 6.54 Å². The summed E-state index contributed by atoms with van der Waals surface area (Å²) in [5.74, 6) is -0.372. The molecule has 2 unspecified atom stereocenters. The molecule has 0 saturated carbocycles. The van der Waals surface area contributed by atoms with Crippen LogP contribution in [-0.2, 0) is 5.67 Å². The lowest BCUT2D eigenvalue weighted by atomic mass is 9.88. The number of piperidine rings is 1. The highest BCUT2D eigenvalue weighted by Gasteiger charge is 2.30. The first kappa shape index (κ1) is 12.5. The van der Waals surface area contributed by atoms with Crippen LogP contribution in [0.2, 0.25) is 0 Å². The second-order valence-corrected chi connectivity index (χ2v) is 5.06. The van der Waals surface area contributed by atoms with Gasteiger partial charge in [-0.25, -0.2) is 8.78 Å². The molecular weight excluding hydrogens is 220 g/mol. The summed E-state index contributed by atoms with van der Waals surface area (Å²) in [4.78, 5) is 0. The van der Waals surface area contributed by atoms with E-state index < -0.39 is 5.67 Å². The van der Waals surface area contributed by atoms with Gasteiger partial charge in [0.25, 0.3) is 0 Å². The summed E-state index contributed by atoms with van der Waals surface area (Å²) >= 11 is 0. The van der Waals surface area contributed by atoms with Crippen LogP contribution in [-0.4, -0.2) is 12.6 Å². The van der Waals surface area contributed by atoms with Gasteiger partial charge in [0.15, 0.2) is 0 Å². The van der Waals surface area contributed by atoms with Crippen molar-refractivity contribution in [2.24, 2.45) is 0 Å². The first-order valence-electron chi connectivity index (χ1n) is 6.26. The molecule has 1 fully saturated rings. The zero-order chi connectivity index (χ0) is 12.3. The molecule has 0 bridgehead atoms. The van der Waals surface area contributed by atoms with E-state index in [0.29, 0.717) is 12.0 Å². The number of hydrogen-bond donors (Lipinski definition) is 1. The fourth-order valence-corrected chi connectivity index (χ4v) is 2.49. The second-order valence-electron chi connectivity index (χ2n) is 5.06. The molecule has 1 aliphatic heterocycles. The van der Waals surface area contributed by atoms with Gasteiger partial charge in [0, 0.05) is 12.5 Å². The quantitative estimate of drug-likeness (QED) is 0.850. The van der Waals surface area contributed by atoms with E-state index in [4.69, 9.17) is 0 Å². The fraction of sp³-hybridized carbons (Fsp3) is 0.571. The van der Waals surface area contributed by atoms with Crippen molar-refractivity contribution < 1.29 is 8.78 Å². The molecule has 94 valence electrons. The van der Waals surface area contributed by atoms with Crippen molar-refractivity contribution in [3.05, 3.63) is 35.6 Å².